The second-order valence-corrected chi connectivity index (χ2v) is 10.7. The highest BCUT2D eigenvalue weighted by molar-refractivity contribution is 6.00. The van der Waals surface area contributed by atoms with Gasteiger partial charge in [0.05, 0.1) is 16.6 Å². The van der Waals surface area contributed by atoms with Crippen LogP contribution in [0.1, 0.15) is 43.1 Å². The van der Waals surface area contributed by atoms with Gasteiger partial charge < -0.3 is 50.4 Å². The standard InChI is InChI=1S/C25H30F2N4O9/c1-8-5-30(6-9(2)28-8)17-13(26)15(29-23-21(35)19(33)20(34)22(40-23)25(38)39)12-16(14(17)27)31(10-3-4-10)7-11(18(12)32)24(36)37/h7-10,19-23,28-29,33-35H,3-6H2,1-2H3,(H,36,37)(H,38,39)/t8-,9+,19?,20?,21?,22?,23?. The molecule has 3 fully saturated rings. The van der Waals surface area contributed by atoms with Crippen LogP contribution in [0.25, 0.3) is 10.9 Å². The van der Waals surface area contributed by atoms with Gasteiger partial charge in [0.15, 0.2) is 24.0 Å². The Bertz CT molecular complexity index is 1420. The molecular weight excluding hydrogens is 538 g/mol. The molecule has 13 nitrogen and oxygen atoms in total. The highest BCUT2D eigenvalue weighted by Crippen LogP contribution is 2.43. The number of fused-ring (bicyclic) bond motifs is 1. The highest BCUT2D eigenvalue weighted by atomic mass is 19.1. The SMILES string of the molecule is C[C@@H]1CN(c2c(F)c(NC3OC(C(=O)O)C(O)C(O)C3O)c3c(=O)c(C(=O)O)cn(C4CC4)c3c2F)C[C@H](C)N1. The summed E-state index contributed by atoms with van der Waals surface area (Å²) < 4.78 is 39.3. The molecule has 0 amide bonds. The first-order chi connectivity index (χ1) is 18.8. The summed E-state index contributed by atoms with van der Waals surface area (Å²) in [6, 6.07) is -0.704. The van der Waals surface area contributed by atoms with Crippen molar-refractivity contribution in [1.29, 1.82) is 0 Å². The molecule has 7 atom stereocenters. The summed E-state index contributed by atoms with van der Waals surface area (Å²) in [5.41, 5.74) is -3.57. The summed E-state index contributed by atoms with van der Waals surface area (Å²) in [5.74, 6) is -5.69. The van der Waals surface area contributed by atoms with Crippen molar-refractivity contribution >= 4 is 34.2 Å². The number of aromatic nitrogens is 1. The van der Waals surface area contributed by atoms with E-state index in [1.54, 1.807) is 0 Å². The number of pyridine rings is 1. The fourth-order valence-corrected chi connectivity index (χ4v) is 5.59. The number of halogens is 2. The number of nitrogens with one attached hydrogen (secondary N) is 2. The number of rotatable bonds is 6. The lowest BCUT2D eigenvalue weighted by molar-refractivity contribution is -0.221. The van der Waals surface area contributed by atoms with Crippen LogP contribution < -0.4 is 21.0 Å². The third kappa shape index (κ3) is 4.66. The molecule has 2 saturated heterocycles. The minimum Gasteiger partial charge on any atom is -0.479 e. The molecule has 1 aromatic carbocycles. The summed E-state index contributed by atoms with van der Waals surface area (Å²) >= 11 is 0. The minimum atomic E-state index is -2.05. The van der Waals surface area contributed by atoms with Gasteiger partial charge in [0, 0.05) is 37.4 Å². The number of ether oxygens (including phenoxy) is 1. The molecule has 15 heteroatoms. The molecule has 2 aliphatic heterocycles. The first kappa shape index (κ1) is 28.2. The van der Waals surface area contributed by atoms with Crippen molar-refractivity contribution in [3.63, 3.8) is 0 Å². The molecular formula is C25H30F2N4O9. The summed E-state index contributed by atoms with van der Waals surface area (Å²) in [5, 5.41) is 54.9. The van der Waals surface area contributed by atoms with Crippen LogP contribution in [0.15, 0.2) is 11.0 Å². The van der Waals surface area contributed by atoms with Gasteiger partial charge in [-0.3, -0.25) is 4.79 Å². The van der Waals surface area contributed by atoms with Crippen molar-refractivity contribution in [3.8, 4) is 0 Å². The number of benzene rings is 1. The molecule has 3 heterocycles. The molecule has 7 N–H and O–H groups in total. The van der Waals surface area contributed by atoms with Crippen LogP contribution in [0.4, 0.5) is 20.2 Å². The maximum absolute atomic E-state index is 16.4. The number of carbonyl (C=O) groups is 2. The van der Waals surface area contributed by atoms with Gasteiger partial charge in [0.1, 0.15) is 29.6 Å². The number of aliphatic hydroxyl groups is 3. The third-order valence-electron chi connectivity index (χ3n) is 7.52. The zero-order chi connectivity index (χ0) is 29.2. The van der Waals surface area contributed by atoms with Gasteiger partial charge in [-0.25, -0.2) is 18.4 Å². The van der Waals surface area contributed by atoms with Crippen molar-refractivity contribution in [2.45, 2.75) is 75.5 Å². The summed E-state index contributed by atoms with van der Waals surface area (Å²) in [6.07, 6.45) is -7.89. The van der Waals surface area contributed by atoms with Crippen LogP contribution in [0.5, 0.6) is 0 Å². The lowest BCUT2D eigenvalue weighted by Gasteiger charge is -2.40. The lowest BCUT2D eigenvalue weighted by Crippen LogP contribution is -2.61. The Hall–Kier alpha value is -3.37. The predicted molar refractivity (Wildman–Crippen MR) is 136 cm³/mol. The number of aliphatic hydroxyl groups excluding tert-OH is 3. The fourth-order valence-electron chi connectivity index (χ4n) is 5.59. The Labute approximate surface area is 225 Å². The number of nitrogens with zero attached hydrogens (tertiary/aromatic N) is 2. The number of hydrogen-bond donors (Lipinski definition) is 7. The molecule has 0 spiro atoms. The molecule has 0 radical (unpaired) electrons. The van der Waals surface area contributed by atoms with Crippen molar-refractivity contribution in [2.75, 3.05) is 23.3 Å². The normalized spacial score (nSPS) is 30.9. The van der Waals surface area contributed by atoms with Gasteiger partial charge in [-0.15, -0.1) is 0 Å². The van der Waals surface area contributed by atoms with E-state index in [-0.39, 0.29) is 36.7 Å². The first-order valence-electron chi connectivity index (χ1n) is 12.8. The molecule has 0 bridgehead atoms. The van der Waals surface area contributed by atoms with Gasteiger partial charge in [-0.2, -0.15) is 0 Å². The molecule has 1 aromatic heterocycles. The maximum Gasteiger partial charge on any atom is 0.341 e. The number of carboxylic acid groups (broad SMARTS) is 2. The average Bonchev–Trinajstić information content (AvgIpc) is 3.71. The lowest BCUT2D eigenvalue weighted by atomic mass is 9.97. The van der Waals surface area contributed by atoms with Crippen molar-refractivity contribution < 1.29 is 48.6 Å². The van der Waals surface area contributed by atoms with Crippen molar-refractivity contribution in [2.24, 2.45) is 0 Å². The molecule has 218 valence electrons. The van der Waals surface area contributed by atoms with Gasteiger partial charge >= 0.3 is 11.9 Å². The van der Waals surface area contributed by atoms with E-state index in [1.165, 1.54) is 9.47 Å². The van der Waals surface area contributed by atoms with Crippen LogP contribution in [-0.4, -0.2) is 97.9 Å². The van der Waals surface area contributed by atoms with Gasteiger partial charge in [-0.1, -0.05) is 0 Å². The Kier molecular flexibility index (Phi) is 7.20. The van der Waals surface area contributed by atoms with E-state index in [0.29, 0.717) is 12.8 Å². The highest BCUT2D eigenvalue weighted by Gasteiger charge is 2.48. The largest absolute Gasteiger partial charge is 0.479 e. The van der Waals surface area contributed by atoms with E-state index < -0.39 is 82.0 Å². The monoisotopic (exact) mass is 568 g/mol. The summed E-state index contributed by atoms with van der Waals surface area (Å²) in [4.78, 5) is 38.4. The van der Waals surface area contributed by atoms with E-state index in [4.69, 9.17) is 4.74 Å². The smallest absolute Gasteiger partial charge is 0.341 e. The van der Waals surface area contributed by atoms with E-state index in [0.717, 1.165) is 6.20 Å². The number of aromatic carboxylic acids is 1. The number of carboxylic acids is 2. The van der Waals surface area contributed by atoms with Crippen LogP contribution in [0, 0.1) is 11.6 Å². The zero-order valence-electron chi connectivity index (χ0n) is 21.5. The minimum absolute atomic E-state index is 0.175. The van der Waals surface area contributed by atoms with Gasteiger partial charge in [0.2, 0.25) is 5.43 Å². The van der Waals surface area contributed by atoms with Crippen molar-refractivity contribution in [1.82, 2.24) is 9.88 Å². The first-order valence-corrected chi connectivity index (χ1v) is 12.8. The fraction of sp³-hybridized carbons (Fsp3) is 0.560. The van der Waals surface area contributed by atoms with Crippen LogP contribution in [0.2, 0.25) is 0 Å². The Morgan fingerprint density at radius 2 is 1.65 bits per heavy atom. The number of piperazine rings is 1. The molecule has 3 aliphatic rings. The summed E-state index contributed by atoms with van der Waals surface area (Å²) in [6.45, 7) is 4.00. The molecule has 1 aliphatic carbocycles. The quantitative estimate of drug-likeness (QED) is 0.243. The number of hydrogen-bond acceptors (Lipinski definition) is 10. The Morgan fingerprint density at radius 3 is 2.20 bits per heavy atom. The Balaban J connectivity index is 1.77. The van der Waals surface area contributed by atoms with E-state index in [9.17, 15) is 39.9 Å². The molecule has 5 unspecified atom stereocenters. The van der Waals surface area contributed by atoms with Crippen LogP contribution in [0.3, 0.4) is 0 Å². The predicted octanol–water partition coefficient (Wildman–Crippen LogP) is -0.196. The number of aliphatic carboxylic acids is 1. The average molecular weight is 569 g/mol. The number of anilines is 2. The van der Waals surface area contributed by atoms with Crippen LogP contribution >= 0.6 is 0 Å². The van der Waals surface area contributed by atoms with Gasteiger partial charge in [-0.05, 0) is 26.7 Å². The van der Waals surface area contributed by atoms with Crippen LogP contribution in [-0.2, 0) is 9.53 Å². The molecule has 40 heavy (non-hydrogen) atoms. The topological polar surface area (TPSA) is 194 Å². The molecule has 5 rings (SSSR count). The maximum atomic E-state index is 16.4. The zero-order valence-corrected chi connectivity index (χ0v) is 21.5. The van der Waals surface area contributed by atoms with Crippen molar-refractivity contribution in [3.05, 3.63) is 33.6 Å². The van der Waals surface area contributed by atoms with Gasteiger partial charge in [0.25, 0.3) is 0 Å². The second-order valence-electron chi connectivity index (χ2n) is 10.7. The third-order valence-corrected chi connectivity index (χ3v) is 7.52. The van der Waals surface area contributed by atoms with E-state index in [1.807, 2.05) is 13.8 Å². The molecule has 1 saturated carbocycles. The Morgan fingerprint density at radius 1 is 1.02 bits per heavy atom. The second kappa shape index (κ2) is 10.2. The van der Waals surface area contributed by atoms with E-state index >= 15 is 8.78 Å². The molecule has 2 aromatic rings. The van der Waals surface area contributed by atoms with E-state index in [2.05, 4.69) is 10.6 Å². The summed E-state index contributed by atoms with van der Waals surface area (Å²) in [7, 11) is 0.